The van der Waals surface area contributed by atoms with Crippen molar-refractivity contribution in [2.45, 2.75) is 25.0 Å². The molecule has 4 nitrogen and oxygen atoms in total. The van der Waals surface area contributed by atoms with Crippen molar-refractivity contribution in [2.75, 3.05) is 0 Å². The fourth-order valence-electron chi connectivity index (χ4n) is 2.66. The van der Waals surface area contributed by atoms with E-state index in [1.165, 1.54) is 0 Å². The van der Waals surface area contributed by atoms with Crippen LogP contribution in [0.25, 0.3) is 0 Å². The summed E-state index contributed by atoms with van der Waals surface area (Å²) in [4.78, 5) is 16.1. The summed E-state index contributed by atoms with van der Waals surface area (Å²) in [5, 5.41) is 13.0. The molecule has 0 saturated heterocycles. The Kier molecular flexibility index (Phi) is 3.48. The van der Waals surface area contributed by atoms with Gasteiger partial charge in [0.1, 0.15) is 0 Å². The van der Waals surface area contributed by atoms with Crippen LogP contribution in [0.1, 0.15) is 22.7 Å². The molecule has 1 amide bonds. The largest absolute Gasteiger partial charge is 0.390 e. The molecule has 0 bridgehead atoms. The van der Waals surface area contributed by atoms with Gasteiger partial charge in [-0.25, -0.2) is 0 Å². The molecular weight excluding hydrogens is 252 g/mol. The van der Waals surface area contributed by atoms with Crippen LogP contribution < -0.4 is 5.32 Å². The minimum absolute atomic E-state index is 0.0984. The minimum Gasteiger partial charge on any atom is -0.390 e. The summed E-state index contributed by atoms with van der Waals surface area (Å²) in [6, 6.07) is 11.2. The molecule has 1 heterocycles. The van der Waals surface area contributed by atoms with E-state index in [2.05, 4.69) is 10.3 Å². The number of fused-ring (bicyclic) bond motifs is 1. The third-order valence-electron chi connectivity index (χ3n) is 3.61. The number of aliphatic hydroxyl groups is 1. The molecule has 0 spiro atoms. The van der Waals surface area contributed by atoms with Crippen molar-refractivity contribution in [1.29, 1.82) is 0 Å². The summed E-state index contributed by atoms with van der Waals surface area (Å²) in [5.41, 5.74) is 2.98. The minimum atomic E-state index is -0.551. The number of nitrogens with one attached hydrogen (secondary N) is 1. The summed E-state index contributed by atoms with van der Waals surface area (Å²) in [7, 11) is 0. The highest BCUT2D eigenvalue weighted by atomic mass is 16.3. The lowest BCUT2D eigenvalue weighted by Crippen LogP contribution is -2.34. The SMILES string of the molecule is O=C(Cc1cccnc1)NC1c2ccccc2CC1O. The molecule has 20 heavy (non-hydrogen) atoms. The summed E-state index contributed by atoms with van der Waals surface area (Å²) < 4.78 is 0. The quantitative estimate of drug-likeness (QED) is 0.884. The van der Waals surface area contributed by atoms with Gasteiger partial charge in [0.2, 0.25) is 5.91 Å². The second-order valence-corrected chi connectivity index (χ2v) is 5.05. The Hall–Kier alpha value is -2.20. The molecule has 2 unspecified atom stereocenters. The number of amides is 1. The predicted octanol–water partition coefficient (Wildman–Crippen LogP) is 1.40. The van der Waals surface area contributed by atoms with Gasteiger partial charge < -0.3 is 10.4 Å². The first-order valence-corrected chi connectivity index (χ1v) is 6.68. The molecular formula is C16H16N2O2. The van der Waals surface area contributed by atoms with Crippen LogP contribution >= 0.6 is 0 Å². The summed E-state index contributed by atoms with van der Waals surface area (Å²) in [6.07, 6.45) is 3.68. The van der Waals surface area contributed by atoms with Crippen molar-refractivity contribution >= 4 is 5.91 Å². The third kappa shape index (κ3) is 2.56. The highest BCUT2D eigenvalue weighted by Gasteiger charge is 2.31. The maximum atomic E-state index is 12.1. The van der Waals surface area contributed by atoms with Crippen molar-refractivity contribution in [2.24, 2.45) is 0 Å². The van der Waals surface area contributed by atoms with E-state index in [0.29, 0.717) is 6.42 Å². The zero-order valence-corrected chi connectivity index (χ0v) is 11.0. The molecule has 1 aliphatic rings. The molecule has 4 heteroatoms. The van der Waals surface area contributed by atoms with Crippen LogP contribution in [0.3, 0.4) is 0 Å². The molecule has 0 aliphatic heterocycles. The normalized spacial score (nSPS) is 20.4. The van der Waals surface area contributed by atoms with Gasteiger partial charge in [0.15, 0.2) is 0 Å². The second kappa shape index (κ2) is 5.43. The number of aromatic nitrogens is 1. The van der Waals surface area contributed by atoms with Gasteiger partial charge in [-0.2, -0.15) is 0 Å². The molecule has 102 valence electrons. The maximum absolute atomic E-state index is 12.1. The third-order valence-corrected chi connectivity index (χ3v) is 3.61. The van der Waals surface area contributed by atoms with Gasteiger partial charge in [0.05, 0.1) is 18.6 Å². The van der Waals surface area contributed by atoms with Crippen LogP contribution in [0.4, 0.5) is 0 Å². The number of aliphatic hydroxyl groups excluding tert-OH is 1. The Bertz CT molecular complexity index is 613. The first-order valence-electron chi connectivity index (χ1n) is 6.68. The molecule has 1 aromatic carbocycles. The molecule has 3 rings (SSSR count). The van der Waals surface area contributed by atoms with Crippen molar-refractivity contribution in [3.8, 4) is 0 Å². The average Bonchev–Trinajstić information content (AvgIpc) is 2.76. The Morgan fingerprint density at radius 1 is 1.30 bits per heavy atom. The monoisotopic (exact) mass is 268 g/mol. The zero-order chi connectivity index (χ0) is 13.9. The lowest BCUT2D eigenvalue weighted by molar-refractivity contribution is -0.121. The zero-order valence-electron chi connectivity index (χ0n) is 11.0. The first kappa shape index (κ1) is 12.8. The van der Waals surface area contributed by atoms with Crippen LogP contribution in [-0.2, 0) is 17.6 Å². The number of hydrogen-bond acceptors (Lipinski definition) is 3. The molecule has 0 radical (unpaired) electrons. The fraction of sp³-hybridized carbons (Fsp3) is 0.250. The highest BCUT2D eigenvalue weighted by molar-refractivity contribution is 5.79. The van der Waals surface area contributed by atoms with Gasteiger partial charge in [0.25, 0.3) is 0 Å². The topological polar surface area (TPSA) is 62.2 Å². The summed E-state index contributed by atoms with van der Waals surface area (Å²) in [5.74, 6) is -0.0984. The van der Waals surface area contributed by atoms with E-state index in [1.54, 1.807) is 12.4 Å². The number of hydrogen-bond donors (Lipinski definition) is 2. The van der Waals surface area contributed by atoms with E-state index in [0.717, 1.165) is 16.7 Å². The average molecular weight is 268 g/mol. The van der Waals surface area contributed by atoms with Crippen molar-refractivity contribution in [3.63, 3.8) is 0 Å². The highest BCUT2D eigenvalue weighted by Crippen LogP contribution is 2.31. The lowest BCUT2D eigenvalue weighted by atomic mass is 10.1. The number of carbonyl (C=O) groups is 1. The van der Waals surface area contributed by atoms with E-state index in [-0.39, 0.29) is 18.4 Å². The molecule has 1 aromatic heterocycles. The van der Waals surface area contributed by atoms with Crippen molar-refractivity contribution in [3.05, 3.63) is 65.5 Å². The molecule has 0 saturated carbocycles. The smallest absolute Gasteiger partial charge is 0.225 e. The van der Waals surface area contributed by atoms with Crippen LogP contribution in [0.5, 0.6) is 0 Å². The van der Waals surface area contributed by atoms with E-state index < -0.39 is 6.10 Å². The Labute approximate surface area is 117 Å². The van der Waals surface area contributed by atoms with Crippen molar-refractivity contribution < 1.29 is 9.90 Å². The van der Waals surface area contributed by atoms with Crippen LogP contribution in [0, 0.1) is 0 Å². The predicted molar refractivity (Wildman–Crippen MR) is 75.0 cm³/mol. The number of pyridine rings is 1. The van der Waals surface area contributed by atoms with E-state index in [1.807, 2.05) is 36.4 Å². The Morgan fingerprint density at radius 2 is 2.15 bits per heavy atom. The fourth-order valence-corrected chi connectivity index (χ4v) is 2.66. The molecule has 1 aliphatic carbocycles. The van der Waals surface area contributed by atoms with Gasteiger partial charge in [-0.15, -0.1) is 0 Å². The second-order valence-electron chi connectivity index (χ2n) is 5.05. The standard InChI is InChI=1S/C16H16N2O2/c19-14-9-12-5-1-2-6-13(12)16(14)18-15(20)8-11-4-3-7-17-10-11/h1-7,10,14,16,19H,8-9H2,(H,18,20). The number of nitrogens with zero attached hydrogens (tertiary/aromatic N) is 1. The van der Waals surface area contributed by atoms with E-state index in [4.69, 9.17) is 0 Å². The van der Waals surface area contributed by atoms with E-state index >= 15 is 0 Å². The van der Waals surface area contributed by atoms with Gasteiger partial charge in [-0.3, -0.25) is 9.78 Å². The lowest BCUT2D eigenvalue weighted by Gasteiger charge is -2.18. The van der Waals surface area contributed by atoms with Gasteiger partial charge >= 0.3 is 0 Å². The van der Waals surface area contributed by atoms with Gasteiger partial charge in [-0.05, 0) is 22.8 Å². The Balaban J connectivity index is 1.70. The number of carbonyl (C=O) groups excluding carboxylic acids is 1. The molecule has 2 aromatic rings. The first-order chi connectivity index (χ1) is 9.74. The van der Waals surface area contributed by atoms with Crippen LogP contribution in [0.15, 0.2) is 48.8 Å². The summed E-state index contributed by atoms with van der Waals surface area (Å²) in [6.45, 7) is 0. The van der Waals surface area contributed by atoms with Gasteiger partial charge in [-0.1, -0.05) is 30.3 Å². The number of benzene rings is 1. The van der Waals surface area contributed by atoms with Gasteiger partial charge in [0, 0.05) is 18.8 Å². The number of rotatable bonds is 3. The summed E-state index contributed by atoms with van der Waals surface area (Å²) >= 11 is 0. The Morgan fingerprint density at radius 3 is 2.95 bits per heavy atom. The molecule has 2 N–H and O–H groups in total. The molecule has 0 fully saturated rings. The maximum Gasteiger partial charge on any atom is 0.225 e. The van der Waals surface area contributed by atoms with E-state index in [9.17, 15) is 9.90 Å². The molecule has 2 atom stereocenters. The van der Waals surface area contributed by atoms with Crippen LogP contribution in [0.2, 0.25) is 0 Å². The van der Waals surface area contributed by atoms with Crippen molar-refractivity contribution in [1.82, 2.24) is 10.3 Å². The van der Waals surface area contributed by atoms with Crippen LogP contribution in [-0.4, -0.2) is 22.1 Å².